The van der Waals surface area contributed by atoms with Gasteiger partial charge in [-0.15, -0.1) is 0 Å². The van der Waals surface area contributed by atoms with E-state index in [1.54, 1.807) is 19.1 Å². The Balaban J connectivity index is 3.07. The number of nitro benzene ring substituents is 1. The van der Waals surface area contributed by atoms with Crippen LogP contribution in [0.3, 0.4) is 0 Å². The molecule has 0 aromatic heterocycles. The zero-order valence-corrected chi connectivity index (χ0v) is 10.8. The molecule has 0 saturated heterocycles. The molecule has 0 unspecified atom stereocenters. The van der Waals surface area contributed by atoms with Gasteiger partial charge in [0.05, 0.1) is 4.92 Å². The van der Waals surface area contributed by atoms with Crippen LogP contribution >= 0.6 is 15.9 Å². The molecular formula is C11H11BrN2O3. The lowest BCUT2D eigenvalue weighted by Crippen LogP contribution is -2.26. The Hall–Kier alpha value is -1.69. The highest BCUT2D eigenvalue weighted by Crippen LogP contribution is 2.21. The number of benzene rings is 1. The van der Waals surface area contributed by atoms with Gasteiger partial charge < -0.3 is 5.32 Å². The number of carbonyl (C=O) groups is 1. The topological polar surface area (TPSA) is 72.2 Å². The van der Waals surface area contributed by atoms with E-state index in [0.29, 0.717) is 10.0 Å². The van der Waals surface area contributed by atoms with Gasteiger partial charge >= 0.3 is 0 Å². The minimum Gasteiger partial charge on any atom is -0.347 e. The molecule has 17 heavy (non-hydrogen) atoms. The Morgan fingerprint density at radius 3 is 2.76 bits per heavy atom. The van der Waals surface area contributed by atoms with Gasteiger partial charge in [-0.05, 0) is 12.5 Å². The fourth-order valence-electron chi connectivity index (χ4n) is 1.36. The molecule has 1 N–H and O–H groups in total. The van der Waals surface area contributed by atoms with Crippen molar-refractivity contribution < 1.29 is 9.72 Å². The van der Waals surface area contributed by atoms with Crippen molar-refractivity contribution in [2.75, 3.05) is 6.54 Å². The first-order valence-corrected chi connectivity index (χ1v) is 5.58. The van der Waals surface area contributed by atoms with Crippen molar-refractivity contribution in [1.82, 2.24) is 5.32 Å². The molecule has 5 nitrogen and oxygen atoms in total. The monoisotopic (exact) mass is 298 g/mol. The van der Waals surface area contributed by atoms with Crippen LogP contribution in [0.4, 0.5) is 5.69 Å². The quantitative estimate of drug-likeness (QED) is 0.686. The summed E-state index contributed by atoms with van der Waals surface area (Å²) in [5.41, 5.74) is 0.464. The highest BCUT2D eigenvalue weighted by molar-refractivity contribution is 9.11. The average Bonchev–Trinajstić information content (AvgIpc) is 2.25. The van der Waals surface area contributed by atoms with Gasteiger partial charge in [-0.1, -0.05) is 34.6 Å². The Bertz CT molecular complexity index is 486. The predicted octanol–water partition coefficient (Wildman–Crippen LogP) is 2.54. The molecule has 1 aromatic carbocycles. The van der Waals surface area contributed by atoms with E-state index >= 15 is 0 Å². The van der Waals surface area contributed by atoms with Gasteiger partial charge in [-0.2, -0.15) is 0 Å². The number of nitro groups is 1. The molecule has 6 heteroatoms. The van der Waals surface area contributed by atoms with Crippen LogP contribution in [0.1, 0.15) is 15.9 Å². The third-order valence-electron chi connectivity index (χ3n) is 2.12. The molecular weight excluding hydrogens is 288 g/mol. The van der Waals surface area contributed by atoms with Crippen LogP contribution in [-0.2, 0) is 0 Å². The normalized spacial score (nSPS) is 9.76. The van der Waals surface area contributed by atoms with Crippen LogP contribution in [-0.4, -0.2) is 17.4 Å². The molecule has 0 aliphatic heterocycles. The lowest BCUT2D eigenvalue weighted by Gasteiger charge is -2.07. The minimum atomic E-state index is -0.565. The van der Waals surface area contributed by atoms with E-state index in [9.17, 15) is 14.9 Å². The van der Waals surface area contributed by atoms with Crippen molar-refractivity contribution in [3.63, 3.8) is 0 Å². The Morgan fingerprint density at radius 2 is 2.24 bits per heavy atom. The number of amides is 1. The molecule has 0 aliphatic carbocycles. The fourth-order valence-corrected chi connectivity index (χ4v) is 1.50. The second kappa shape index (κ2) is 5.58. The first kappa shape index (κ1) is 13.4. The summed E-state index contributed by atoms with van der Waals surface area (Å²) in [4.78, 5) is 22.1. The summed E-state index contributed by atoms with van der Waals surface area (Å²) >= 11 is 3.10. The molecule has 0 spiro atoms. The predicted molar refractivity (Wildman–Crippen MR) is 68.2 cm³/mol. The summed E-state index contributed by atoms with van der Waals surface area (Å²) in [5, 5.41) is 13.4. The van der Waals surface area contributed by atoms with Crippen molar-refractivity contribution in [3.05, 3.63) is 50.5 Å². The summed E-state index contributed by atoms with van der Waals surface area (Å²) in [6.07, 6.45) is 0. The van der Waals surface area contributed by atoms with Crippen molar-refractivity contribution in [1.29, 1.82) is 0 Å². The lowest BCUT2D eigenvalue weighted by atomic mass is 10.1. The number of carbonyl (C=O) groups excluding carboxylic acids is 1. The van der Waals surface area contributed by atoms with E-state index in [4.69, 9.17) is 0 Å². The van der Waals surface area contributed by atoms with Crippen LogP contribution in [0, 0.1) is 17.0 Å². The maximum Gasteiger partial charge on any atom is 0.282 e. The Kier molecular flexibility index (Phi) is 4.39. The SMILES string of the molecule is C=C(Br)CNC(=O)c1c(C)cccc1[N+](=O)[O-]. The molecule has 0 aliphatic rings. The summed E-state index contributed by atoms with van der Waals surface area (Å²) in [5.74, 6) is -0.476. The van der Waals surface area contributed by atoms with E-state index in [1.807, 2.05) is 0 Å². The minimum absolute atomic E-state index is 0.0891. The van der Waals surface area contributed by atoms with Gasteiger partial charge in [0.15, 0.2) is 0 Å². The third-order valence-corrected chi connectivity index (χ3v) is 2.40. The second-order valence-corrected chi connectivity index (χ2v) is 4.55. The number of nitrogens with zero attached hydrogens (tertiary/aromatic N) is 1. The molecule has 1 amide bonds. The number of rotatable bonds is 4. The lowest BCUT2D eigenvalue weighted by molar-refractivity contribution is -0.385. The standard InChI is InChI=1S/C11H11BrN2O3/c1-7-4-3-5-9(14(16)17)10(7)11(15)13-6-8(2)12/h3-5H,2,6H2,1H3,(H,13,15). The molecule has 1 rings (SSSR count). The largest absolute Gasteiger partial charge is 0.347 e. The van der Waals surface area contributed by atoms with E-state index in [0.717, 1.165) is 0 Å². The summed E-state index contributed by atoms with van der Waals surface area (Å²) < 4.78 is 0.599. The number of hydrogen-bond acceptors (Lipinski definition) is 3. The first-order chi connectivity index (χ1) is 7.93. The van der Waals surface area contributed by atoms with Crippen LogP contribution in [0.25, 0.3) is 0 Å². The number of aryl methyl sites for hydroxylation is 1. The smallest absolute Gasteiger partial charge is 0.282 e. The highest BCUT2D eigenvalue weighted by Gasteiger charge is 2.21. The average molecular weight is 299 g/mol. The van der Waals surface area contributed by atoms with Gasteiger partial charge in [0.25, 0.3) is 11.6 Å². The van der Waals surface area contributed by atoms with E-state index < -0.39 is 10.8 Å². The van der Waals surface area contributed by atoms with Gasteiger partial charge in [-0.25, -0.2) is 0 Å². The molecule has 1 aromatic rings. The van der Waals surface area contributed by atoms with Crippen LogP contribution in [0.2, 0.25) is 0 Å². The zero-order chi connectivity index (χ0) is 13.0. The molecule has 0 saturated carbocycles. The van der Waals surface area contributed by atoms with Crippen LogP contribution in [0.15, 0.2) is 29.3 Å². The summed E-state index contributed by atoms with van der Waals surface area (Å²) in [6, 6.07) is 4.52. The Morgan fingerprint density at radius 1 is 1.59 bits per heavy atom. The van der Waals surface area contributed by atoms with Crippen LogP contribution in [0.5, 0.6) is 0 Å². The molecule has 0 radical (unpaired) electrons. The summed E-state index contributed by atoms with van der Waals surface area (Å²) in [7, 11) is 0. The van der Waals surface area contributed by atoms with Crippen LogP contribution < -0.4 is 5.32 Å². The third kappa shape index (κ3) is 3.39. The van der Waals surface area contributed by atoms with E-state index in [1.165, 1.54) is 6.07 Å². The molecule has 0 heterocycles. The fraction of sp³-hybridized carbons (Fsp3) is 0.182. The first-order valence-electron chi connectivity index (χ1n) is 4.79. The van der Waals surface area contributed by atoms with Gasteiger partial charge in [0.2, 0.25) is 0 Å². The number of nitrogens with one attached hydrogen (secondary N) is 1. The maximum atomic E-state index is 11.8. The summed E-state index contributed by atoms with van der Waals surface area (Å²) in [6.45, 7) is 5.45. The van der Waals surface area contributed by atoms with E-state index in [-0.39, 0.29) is 17.8 Å². The van der Waals surface area contributed by atoms with Crippen molar-refractivity contribution in [3.8, 4) is 0 Å². The number of hydrogen-bond donors (Lipinski definition) is 1. The molecule has 0 atom stereocenters. The van der Waals surface area contributed by atoms with Crippen molar-refractivity contribution >= 4 is 27.5 Å². The molecule has 0 bridgehead atoms. The van der Waals surface area contributed by atoms with Crippen molar-refractivity contribution in [2.45, 2.75) is 6.92 Å². The highest BCUT2D eigenvalue weighted by atomic mass is 79.9. The maximum absolute atomic E-state index is 11.8. The second-order valence-electron chi connectivity index (χ2n) is 3.43. The molecule has 0 fully saturated rings. The molecule has 90 valence electrons. The Labute approximate surface area is 107 Å². The van der Waals surface area contributed by atoms with Gasteiger partial charge in [0.1, 0.15) is 5.56 Å². The van der Waals surface area contributed by atoms with Gasteiger partial charge in [0, 0.05) is 17.1 Å². The zero-order valence-electron chi connectivity index (χ0n) is 9.20. The van der Waals surface area contributed by atoms with Gasteiger partial charge in [-0.3, -0.25) is 14.9 Å². The van der Waals surface area contributed by atoms with E-state index in [2.05, 4.69) is 27.8 Å². The van der Waals surface area contributed by atoms with Crippen molar-refractivity contribution in [2.24, 2.45) is 0 Å². The number of halogens is 1.